The van der Waals surface area contributed by atoms with Gasteiger partial charge in [-0.25, -0.2) is 13.2 Å². The third-order valence-electron chi connectivity index (χ3n) is 4.53. The van der Waals surface area contributed by atoms with Gasteiger partial charge in [0.2, 0.25) is 0 Å². The number of fused-ring (bicyclic) bond motifs is 1. The Morgan fingerprint density at radius 3 is 2.11 bits per heavy atom. The summed E-state index contributed by atoms with van der Waals surface area (Å²) >= 11 is 0. The SMILES string of the molecule is COc1ccc(S(=O)(=O)Nc2cc3c(cc2C)n(C)c(=O)n3C)cc1OC. The molecule has 0 aliphatic carbocycles. The highest BCUT2D eigenvalue weighted by molar-refractivity contribution is 7.92. The number of aromatic nitrogens is 2. The zero-order valence-electron chi connectivity index (χ0n) is 15.7. The van der Waals surface area contributed by atoms with Crippen molar-refractivity contribution in [3.8, 4) is 11.5 Å². The summed E-state index contributed by atoms with van der Waals surface area (Å²) in [4.78, 5) is 12.2. The lowest BCUT2D eigenvalue weighted by molar-refractivity contribution is 0.354. The molecule has 0 radical (unpaired) electrons. The molecule has 0 aliphatic heterocycles. The van der Waals surface area contributed by atoms with Crippen molar-refractivity contribution >= 4 is 26.7 Å². The van der Waals surface area contributed by atoms with Gasteiger partial charge in [-0.2, -0.15) is 0 Å². The Bertz CT molecular complexity index is 1190. The van der Waals surface area contributed by atoms with Gasteiger partial charge in [0.15, 0.2) is 11.5 Å². The molecule has 0 saturated heterocycles. The van der Waals surface area contributed by atoms with Gasteiger partial charge in [0.05, 0.1) is 35.8 Å². The van der Waals surface area contributed by atoms with Crippen LogP contribution in [0.2, 0.25) is 0 Å². The Morgan fingerprint density at radius 1 is 0.926 bits per heavy atom. The normalized spacial score (nSPS) is 11.6. The second kappa shape index (κ2) is 6.66. The number of rotatable bonds is 5. The Labute approximate surface area is 157 Å². The summed E-state index contributed by atoms with van der Waals surface area (Å²) in [6.07, 6.45) is 0. The molecule has 0 aliphatic rings. The quantitative estimate of drug-likeness (QED) is 0.718. The minimum atomic E-state index is -3.86. The Hall–Kier alpha value is -2.94. The van der Waals surface area contributed by atoms with Gasteiger partial charge < -0.3 is 9.47 Å². The number of hydrogen-bond acceptors (Lipinski definition) is 5. The standard InChI is InChI=1S/C18H21N3O5S/c1-11-8-14-15(21(3)18(22)20(14)2)10-13(11)19-27(23,24)12-6-7-16(25-4)17(9-12)26-5/h6-10,19H,1-5H3. The molecule has 9 heteroatoms. The van der Waals surface area contributed by atoms with E-state index in [4.69, 9.17) is 9.47 Å². The van der Waals surface area contributed by atoms with Crippen LogP contribution in [0.1, 0.15) is 5.56 Å². The molecule has 2 aromatic carbocycles. The fourth-order valence-electron chi connectivity index (χ4n) is 2.95. The molecule has 0 atom stereocenters. The minimum absolute atomic E-state index is 0.0431. The van der Waals surface area contributed by atoms with Gasteiger partial charge in [0, 0.05) is 20.2 Å². The van der Waals surface area contributed by atoms with Crippen molar-refractivity contribution in [3.05, 3.63) is 46.4 Å². The maximum absolute atomic E-state index is 12.8. The zero-order chi connectivity index (χ0) is 19.9. The first-order valence-electron chi connectivity index (χ1n) is 8.10. The highest BCUT2D eigenvalue weighted by Gasteiger charge is 2.19. The van der Waals surface area contributed by atoms with Crippen LogP contribution in [-0.4, -0.2) is 31.8 Å². The van der Waals surface area contributed by atoms with Gasteiger partial charge in [0.1, 0.15) is 0 Å². The number of imidazole rings is 1. The van der Waals surface area contributed by atoms with Crippen LogP contribution in [0.15, 0.2) is 40.0 Å². The van der Waals surface area contributed by atoms with E-state index < -0.39 is 10.0 Å². The van der Waals surface area contributed by atoms with E-state index >= 15 is 0 Å². The van der Waals surface area contributed by atoms with Crippen molar-refractivity contribution in [1.82, 2.24) is 9.13 Å². The highest BCUT2D eigenvalue weighted by atomic mass is 32.2. The molecule has 8 nitrogen and oxygen atoms in total. The molecular formula is C18H21N3O5S. The lowest BCUT2D eigenvalue weighted by atomic mass is 10.2. The van der Waals surface area contributed by atoms with Crippen LogP contribution in [0.3, 0.4) is 0 Å². The van der Waals surface area contributed by atoms with E-state index in [-0.39, 0.29) is 10.6 Å². The van der Waals surface area contributed by atoms with E-state index in [0.29, 0.717) is 28.3 Å². The number of benzene rings is 2. The third kappa shape index (κ3) is 3.14. The number of hydrogen-bond donors (Lipinski definition) is 1. The van der Waals surface area contributed by atoms with Crippen LogP contribution in [-0.2, 0) is 24.1 Å². The van der Waals surface area contributed by atoms with Crippen LogP contribution in [0.5, 0.6) is 11.5 Å². The van der Waals surface area contributed by atoms with Crippen molar-refractivity contribution in [1.29, 1.82) is 0 Å². The minimum Gasteiger partial charge on any atom is -0.493 e. The maximum Gasteiger partial charge on any atom is 0.328 e. The second-order valence-corrected chi connectivity index (χ2v) is 7.86. The molecule has 3 aromatic rings. The molecular weight excluding hydrogens is 370 g/mol. The van der Waals surface area contributed by atoms with Gasteiger partial charge in [0.25, 0.3) is 10.0 Å². The van der Waals surface area contributed by atoms with Crippen LogP contribution in [0, 0.1) is 6.92 Å². The lowest BCUT2D eigenvalue weighted by Gasteiger charge is -2.13. The number of ether oxygens (including phenoxy) is 2. The Balaban J connectivity index is 2.07. The van der Waals surface area contributed by atoms with Crippen LogP contribution in [0.25, 0.3) is 11.0 Å². The van der Waals surface area contributed by atoms with Gasteiger partial charge in [-0.15, -0.1) is 0 Å². The monoisotopic (exact) mass is 391 g/mol. The predicted octanol–water partition coefficient (Wildman–Crippen LogP) is 2.00. The van der Waals surface area contributed by atoms with Crippen LogP contribution >= 0.6 is 0 Å². The molecule has 144 valence electrons. The van der Waals surface area contributed by atoms with Crippen molar-refractivity contribution in [2.24, 2.45) is 14.1 Å². The van der Waals surface area contributed by atoms with Crippen molar-refractivity contribution in [3.63, 3.8) is 0 Å². The van der Waals surface area contributed by atoms with Crippen molar-refractivity contribution in [2.45, 2.75) is 11.8 Å². The largest absolute Gasteiger partial charge is 0.493 e. The van der Waals surface area contributed by atoms with E-state index in [1.165, 1.54) is 41.6 Å². The Kier molecular flexibility index (Phi) is 4.64. The topological polar surface area (TPSA) is 91.6 Å². The van der Waals surface area contributed by atoms with E-state index in [1.807, 2.05) is 0 Å². The van der Waals surface area contributed by atoms with Crippen LogP contribution < -0.4 is 19.9 Å². The summed E-state index contributed by atoms with van der Waals surface area (Å²) < 4.78 is 41.6. The molecule has 0 unspecified atom stereocenters. The molecule has 0 saturated carbocycles. The fourth-order valence-corrected chi connectivity index (χ4v) is 4.08. The molecule has 0 amide bonds. The number of sulfonamides is 1. The first-order chi connectivity index (χ1) is 12.7. The van der Waals surface area contributed by atoms with Gasteiger partial charge in [-0.05, 0) is 36.8 Å². The third-order valence-corrected chi connectivity index (χ3v) is 5.89. The smallest absolute Gasteiger partial charge is 0.328 e. The molecule has 0 spiro atoms. The summed E-state index contributed by atoms with van der Waals surface area (Å²) in [6.45, 7) is 1.78. The van der Waals surface area contributed by atoms with E-state index in [9.17, 15) is 13.2 Å². The summed E-state index contributed by atoms with van der Waals surface area (Å²) in [5, 5.41) is 0. The molecule has 1 aromatic heterocycles. The number of nitrogens with zero attached hydrogens (tertiary/aromatic N) is 2. The van der Waals surface area contributed by atoms with E-state index in [1.54, 1.807) is 33.2 Å². The highest BCUT2D eigenvalue weighted by Crippen LogP contribution is 2.31. The number of aryl methyl sites for hydroxylation is 3. The summed E-state index contributed by atoms with van der Waals surface area (Å²) in [7, 11) is 2.38. The maximum atomic E-state index is 12.8. The van der Waals surface area contributed by atoms with E-state index in [2.05, 4.69) is 4.72 Å². The predicted molar refractivity (Wildman–Crippen MR) is 103 cm³/mol. The zero-order valence-corrected chi connectivity index (χ0v) is 16.5. The van der Waals surface area contributed by atoms with Crippen molar-refractivity contribution < 1.29 is 17.9 Å². The van der Waals surface area contributed by atoms with Crippen molar-refractivity contribution in [2.75, 3.05) is 18.9 Å². The van der Waals surface area contributed by atoms with Gasteiger partial charge >= 0.3 is 5.69 Å². The average molecular weight is 391 g/mol. The first kappa shape index (κ1) is 18.8. The fraction of sp³-hybridized carbons (Fsp3) is 0.278. The van der Waals surface area contributed by atoms with E-state index in [0.717, 1.165) is 5.52 Å². The molecule has 0 fully saturated rings. The molecule has 0 bridgehead atoms. The molecule has 27 heavy (non-hydrogen) atoms. The summed E-state index contributed by atoms with van der Waals surface area (Å²) in [6, 6.07) is 7.81. The molecule has 1 heterocycles. The number of nitrogens with one attached hydrogen (secondary N) is 1. The number of anilines is 1. The molecule has 3 rings (SSSR count). The van der Waals surface area contributed by atoms with Gasteiger partial charge in [-0.1, -0.05) is 0 Å². The van der Waals surface area contributed by atoms with Crippen LogP contribution in [0.4, 0.5) is 5.69 Å². The Morgan fingerprint density at radius 2 is 1.52 bits per heavy atom. The first-order valence-corrected chi connectivity index (χ1v) is 9.59. The average Bonchev–Trinajstić information content (AvgIpc) is 2.85. The number of methoxy groups -OCH3 is 2. The second-order valence-electron chi connectivity index (χ2n) is 6.18. The summed E-state index contributed by atoms with van der Waals surface area (Å²) in [5.41, 5.74) is 2.29. The lowest BCUT2D eigenvalue weighted by Crippen LogP contribution is -2.19. The van der Waals surface area contributed by atoms with Gasteiger partial charge in [-0.3, -0.25) is 13.9 Å². The molecule has 1 N–H and O–H groups in total. The summed E-state index contributed by atoms with van der Waals surface area (Å²) in [5.74, 6) is 0.756.